The van der Waals surface area contributed by atoms with Crippen molar-refractivity contribution in [3.05, 3.63) is 23.3 Å². The summed E-state index contributed by atoms with van der Waals surface area (Å²) < 4.78 is 5.60. The SMILES string of the molecule is Cc1ccc(-c2csc(NC(=O)C34C[C@@H]5C[C@@H](CC(O)(C5)C3)C4)n2)o1. The Morgan fingerprint density at radius 2 is 2.08 bits per heavy atom. The van der Waals surface area contributed by atoms with Gasteiger partial charge in [0.25, 0.3) is 0 Å². The van der Waals surface area contributed by atoms with E-state index in [0.29, 0.717) is 23.4 Å². The van der Waals surface area contributed by atoms with Gasteiger partial charge in [-0.2, -0.15) is 0 Å². The first-order valence-corrected chi connectivity index (χ1v) is 9.87. The quantitative estimate of drug-likeness (QED) is 0.870. The molecule has 4 atom stereocenters. The van der Waals surface area contributed by atoms with Crippen LogP contribution in [0.25, 0.3) is 11.5 Å². The number of hydrogen-bond acceptors (Lipinski definition) is 5. The Morgan fingerprint density at radius 3 is 2.72 bits per heavy atom. The van der Waals surface area contributed by atoms with Crippen molar-refractivity contribution in [2.45, 2.75) is 51.0 Å². The molecule has 2 N–H and O–H groups in total. The zero-order valence-electron chi connectivity index (χ0n) is 14.2. The summed E-state index contributed by atoms with van der Waals surface area (Å²) in [7, 11) is 0. The standard InChI is InChI=1S/C19H22N2O3S/c1-11-2-3-15(24-11)14-9-25-17(20-14)21-16(22)18-5-12-4-13(6-18)8-19(23,7-12)10-18/h2-3,9,12-13,23H,4-8,10H2,1H3,(H,20,21,22)/t12-,13+,18?,19?. The number of amides is 1. The highest BCUT2D eigenvalue weighted by molar-refractivity contribution is 7.14. The Bertz CT molecular complexity index is 825. The van der Waals surface area contributed by atoms with Gasteiger partial charge < -0.3 is 14.8 Å². The minimum absolute atomic E-state index is 0.0385. The molecule has 2 aromatic heterocycles. The highest BCUT2D eigenvalue weighted by Crippen LogP contribution is 2.61. The van der Waals surface area contributed by atoms with Crippen molar-refractivity contribution in [3.63, 3.8) is 0 Å². The molecular formula is C19H22N2O3S. The van der Waals surface area contributed by atoms with E-state index in [-0.39, 0.29) is 5.91 Å². The van der Waals surface area contributed by atoms with E-state index in [1.807, 2.05) is 24.4 Å². The predicted molar refractivity (Wildman–Crippen MR) is 95.2 cm³/mol. The molecule has 0 spiro atoms. The fourth-order valence-corrected chi connectivity index (χ4v) is 6.42. The maximum absolute atomic E-state index is 13.1. The summed E-state index contributed by atoms with van der Waals surface area (Å²) >= 11 is 1.42. The number of hydrogen-bond donors (Lipinski definition) is 2. The number of nitrogens with zero attached hydrogens (tertiary/aromatic N) is 1. The van der Waals surface area contributed by atoms with E-state index >= 15 is 0 Å². The maximum Gasteiger partial charge on any atom is 0.232 e. The van der Waals surface area contributed by atoms with Gasteiger partial charge in [-0.25, -0.2) is 4.98 Å². The van der Waals surface area contributed by atoms with Gasteiger partial charge >= 0.3 is 0 Å². The number of nitrogens with one attached hydrogen (secondary N) is 1. The monoisotopic (exact) mass is 358 g/mol. The summed E-state index contributed by atoms with van der Waals surface area (Å²) in [6.07, 6.45) is 5.35. The van der Waals surface area contributed by atoms with Crippen molar-refractivity contribution in [1.29, 1.82) is 0 Å². The van der Waals surface area contributed by atoms with Gasteiger partial charge in [-0.15, -0.1) is 11.3 Å². The number of furan rings is 1. The molecule has 5 nitrogen and oxygen atoms in total. The molecule has 4 bridgehead atoms. The summed E-state index contributed by atoms with van der Waals surface area (Å²) in [4.78, 5) is 17.6. The van der Waals surface area contributed by atoms with Crippen molar-refractivity contribution >= 4 is 22.4 Å². The molecule has 2 unspecified atom stereocenters. The molecule has 0 aromatic carbocycles. The Balaban J connectivity index is 1.36. The first kappa shape index (κ1) is 15.6. The van der Waals surface area contributed by atoms with Crippen LogP contribution < -0.4 is 5.32 Å². The summed E-state index contributed by atoms with van der Waals surface area (Å²) in [5, 5.41) is 16.4. The molecule has 2 aromatic rings. The van der Waals surface area contributed by atoms with E-state index in [9.17, 15) is 9.90 Å². The van der Waals surface area contributed by atoms with E-state index in [0.717, 1.165) is 42.9 Å². The van der Waals surface area contributed by atoms with Crippen LogP contribution in [0.1, 0.15) is 44.3 Å². The van der Waals surface area contributed by atoms with Gasteiger partial charge in [0, 0.05) is 5.38 Å². The summed E-state index contributed by atoms with van der Waals surface area (Å²) in [6, 6.07) is 3.80. The Kier molecular flexibility index (Phi) is 3.23. The second kappa shape index (κ2) is 5.17. The van der Waals surface area contributed by atoms with Crippen LogP contribution in [0.4, 0.5) is 5.13 Å². The van der Waals surface area contributed by atoms with Gasteiger partial charge in [-0.1, -0.05) is 0 Å². The van der Waals surface area contributed by atoms with E-state index in [4.69, 9.17) is 4.42 Å². The lowest BCUT2D eigenvalue weighted by molar-refractivity contribution is -0.174. The number of carbonyl (C=O) groups is 1. The van der Waals surface area contributed by atoms with Crippen LogP contribution in [0.2, 0.25) is 0 Å². The Hall–Kier alpha value is -1.66. The van der Waals surface area contributed by atoms with Gasteiger partial charge in [-0.3, -0.25) is 4.79 Å². The largest absolute Gasteiger partial charge is 0.460 e. The molecular weight excluding hydrogens is 336 g/mol. The third-order valence-corrected chi connectivity index (χ3v) is 6.99. The number of anilines is 1. The number of thiazole rings is 1. The number of aryl methyl sites for hydroxylation is 1. The smallest absolute Gasteiger partial charge is 0.232 e. The average molecular weight is 358 g/mol. The van der Waals surface area contributed by atoms with E-state index in [1.165, 1.54) is 17.8 Å². The molecule has 4 aliphatic rings. The number of carbonyl (C=O) groups excluding carboxylic acids is 1. The van der Waals surface area contributed by atoms with Gasteiger partial charge in [-0.05, 0) is 69.4 Å². The van der Waals surface area contributed by atoms with Gasteiger partial charge in [0.15, 0.2) is 10.9 Å². The van der Waals surface area contributed by atoms with Crippen LogP contribution in [-0.2, 0) is 4.79 Å². The van der Waals surface area contributed by atoms with Crippen molar-refractivity contribution < 1.29 is 14.3 Å². The van der Waals surface area contributed by atoms with Crippen molar-refractivity contribution in [3.8, 4) is 11.5 Å². The first-order valence-electron chi connectivity index (χ1n) is 8.99. The molecule has 0 radical (unpaired) electrons. The second-order valence-electron chi connectivity index (χ2n) is 8.37. The van der Waals surface area contributed by atoms with Crippen LogP contribution in [0, 0.1) is 24.2 Å². The van der Waals surface area contributed by atoms with Gasteiger partial charge in [0.1, 0.15) is 11.5 Å². The molecule has 6 rings (SSSR count). The Morgan fingerprint density at radius 1 is 1.32 bits per heavy atom. The van der Waals surface area contributed by atoms with Crippen molar-refractivity contribution in [2.75, 3.05) is 5.32 Å². The van der Waals surface area contributed by atoms with E-state index in [1.54, 1.807) is 0 Å². The zero-order valence-corrected chi connectivity index (χ0v) is 15.1. The molecule has 4 aliphatic carbocycles. The fourth-order valence-electron chi connectivity index (χ4n) is 5.73. The average Bonchev–Trinajstić information content (AvgIpc) is 3.13. The molecule has 2 heterocycles. The van der Waals surface area contributed by atoms with Crippen LogP contribution in [0.3, 0.4) is 0 Å². The number of aromatic nitrogens is 1. The third-order valence-electron chi connectivity index (χ3n) is 6.23. The lowest BCUT2D eigenvalue weighted by atomic mass is 9.47. The zero-order chi connectivity index (χ0) is 17.2. The van der Waals surface area contributed by atoms with Gasteiger partial charge in [0.05, 0.1) is 11.0 Å². The molecule has 132 valence electrons. The lowest BCUT2D eigenvalue weighted by Crippen LogP contribution is -2.59. The predicted octanol–water partition coefficient (Wildman–Crippen LogP) is 3.98. The van der Waals surface area contributed by atoms with Crippen LogP contribution in [0.15, 0.2) is 21.9 Å². The Labute approximate surface area is 150 Å². The number of rotatable bonds is 3. The molecule has 4 fully saturated rings. The second-order valence-corrected chi connectivity index (χ2v) is 9.23. The van der Waals surface area contributed by atoms with Crippen LogP contribution >= 0.6 is 11.3 Å². The van der Waals surface area contributed by atoms with Crippen molar-refractivity contribution in [2.24, 2.45) is 17.3 Å². The summed E-state index contributed by atoms with van der Waals surface area (Å²) in [5.41, 5.74) is -0.287. The molecule has 4 saturated carbocycles. The maximum atomic E-state index is 13.1. The van der Waals surface area contributed by atoms with Crippen LogP contribution in [-0.4, -0.2) is 21.6 Å². The normalized spacial score (nSPS) is 35.9. The summed E-state index contributed by atoms with van der Waals surface area (Å²) in [5.74, 6) is 2.59. The molecule has 6 heteroatoms. The molecule has 25 heavy (non-hydrogen) atoms. The van der Waals surface area contributed by atoms with E-state index in [2.05, 4.69) is 10.3 Å². The van der Waals surface area contributed by atoms with Crippen molar-refractivity contribution in [1.82, 2.24) is 4.98 Å². The number of aliphatic hydroxyl groups is 1. The molecule has 0 aliphatic heterocycles. The van der Waals surface area contributed by atoms with E-state index < -0.39 is 11.0 Å². The topological polar surface area (TPSA) is 75.4 Å². The highest BCUT2D eigenvalue weighted by Gasteiger charge is 2.60. The highest BCUT2D eigenvalue weighted by atomic mass is 32.1. The minimum atomic E-state index is -0.624. The minimum Gasteiger partial charge on any atom is -0.460 e. The third kappa shape index (κ3) is 2.54. The van der Waals surface area contributed by atoms with Crippen LogP contribution in [0.5, 0.6) is 0 Å². The fraction of sp³-hybridized carbons (Fsp3) is 0.579. The molecule has 0 saturated heterocycles. The first-order chi connectivity index (χ1) is 11.9. The van der Waals surface area contributed by atoms with Gasteiger partial charge in [0.2, 0.25) is 5.91 Å². The molecule has 1 amide bonds. The summed E-state index contributed by atoms with van der Waals surface area (Å²) in [6.45, 7) is 1.90. The lowest BCUT2D eigenvalue weighted by Gasteiger charge is -2.59.